The predicted molar refractivity (Wildman–Crippen MR) is 56.1 cm³/mol. The Morgan fingerprint density at radius 1 is 1.29 bits per heavy atom. The summed E-state index contributed by atoms with van der Waals surface area (Å²) in [7, 11) is 0. The summed E-state index contributed by atoms with van der Waals surface area (Å²) in [6.45, 7) is 14.6. The lowest BCUT2D eigenvalue weighted by atomic mass is 9.86. The van der Waals surface area contributed by atoms with E-state index in [2.05, 4.69) is 4.85 Å². The minimum Gasteiger partial charge on any atom is -0.238 e. The maximum atomic E-state index is 13.4. The largest absolute Gasteiger partial charge is 0.238 e. The van der Waals surface area contributed by atoms with E-state index in [1.54, 1.807) is 13.0 Å². The summed E-state index contributed by atoms with van der Waals surface area (Å²) >= 11 is 0. The Balaban J connectivity index is 3.40. The van der Waals surface area contributed by atoms with Crippen molar-refractivity contribution in [1.29, 1.82) is 0 Å². The van der Waals surface area contributed by atoms with Crippen LogP contribution in [0.25, 0.3) is 4.85 Å². The molecule has 0 fully saturated rings. The molecule has 0 bridgehead atoms. The van der Waals surface area contributed by atoms with E-state index in [1.165, 1.54) is 6.07 Å². The standard InChI is InChI=1S/C12H14FN/c1-8-10(13)6-9(12(2,3)4)7-11(8)14-5/h6-7H,1-4H3. The zero-order valence-corrected chi connectivity index (χ0v) is 8.98. The molecule has 0 saturated carbocycles. The number of rotatable bonds is 0. The fourth-order valence-corrected chi connectivity index (χ4v) is 1.21. The van der Waals surface area contributed by atoms with Gasteiger partial charge in [0, 0.05) is 0 Å². The molecule has 0 radical (unpaired) electrons. The van der Waals surface area contributed by atoms with Gasteiger partial charge in [-0.2, -0.15) is 0 Å². The molecule has 0 saturated heterocycles. The molecule has 0 aliphatic carbocycles. The minimum absolute atomic E-state index is 0.117. The highest BCUT2D eigenvalue weighted by atomic mass is 19.1. The third-order valence-electron chi connectivity index (χ3n) is 2.30. The molecule has 1 aromatic carbocycles. The SMILES string of the molecule is [C-]#[N+]c1cc(C(C)(C)C)cc(F)c1C. The second kappa shape index (κ2) is 3.42. The topological polar surface area (TPSA) is 4.36 Å². The fraction of sp³-hybridized carbons (Fsp3) is 0.417. The molecule has 0 amide bonds. The van der Waals surface area contributed by atoms with Gasteiger partial charge in [-0.15, -0.1) is 0 Å². The van der Waals surface area contributed by atoms with E-state index in [0.717, 1.165) is 5.56 Å². The Bertz CT molecular complexity index is 394. The van der Waals surface area contributed by atoms with Gasteiger partial charge in [0.25, 0.3) is 0 Å². The van der Waals surface area contributed by atoms with E-state index in [4.69, 9.17) is 6.57 Å². The van der Waals surface area contributed by atoms with Crippen LogP contribution in [-0.2, 0) is 5.41 Å². The van der Waals surface area contributed by atoms with Crippen LogP contribution in [0.1, 0.15) is 31.9 Å². The number of benzene rings is 1. The molecule has 0 spiro atoms. The number of hydrogen-bond acceptors (Lipinski definition) is 0. The first kappa shape index (κ1) is 10.7. The van der Waals surface area contributed by atoms with Crippen molar-refractivity contribution in [2.75, 3.05) is 0 Å². The van der Waals surface area contributed by atoms with Gasteiger partial charge in [0.2, 0.25) is 0 Å². The van der Waals surface area contributed by atoms with Crippen LogP contribution in [-0.4, -0.2) is 0 Å². The highest BCUT2D eigenvalue weighted by Crippen LogP contribution is 2.30. The Kier molecular flexibility index (Phi) is 2.62. The third-order valence-corrected chi connectivity index (χ3v) is 2.30. The lowest BCUT2D eigenvalue weighted by molar-refractivity contribution is 0.570. The van der Waals surface area contributed by atoms with Gasteiger partial charge in [0.05, 0.1) is 6.57 Å². The van der Waals surface area contributed by atoms with Crippen LogP contribution in [0.3, 0.4) is 0 Å². The van der Waals surface area contributed by atoms with Crippen LogP contribution >= 0.6 is 0 Å². The highest BCUT2D eigenvalue weighted by molar-refractivity contribution is 5.55. The zero-order valence-electron chi connectivity index (χ0n) is 8.98. The molecular weight excluding hydrogens is 177 g/mol. The summed E-state index contributed by atoms with van der Waals surface area (Å²) in [5, 5.41) is 0. The highest BCUT2D eigenvalue weighted by Gasteiger charge is 2.17. The lowest BCUT2D eigenvalue weighted by Gasteiger charge is -2.20. The van der Waals surface area contributed by atoms with Gasteiger partial charge in [-0.1, -0.05) is 32.4 Å². The molecule has 0 N–H and O–H groups in total. The molecule has 1 aromatic rings. The number of nitrogens with zero attached hydrogens (tertiary/aromatic N) is 1. The maximum absolute atomic E-state index is 13.4. The van der Waals surface area contributed by atoms with E-state index in [0.29, 0.717) is 11.3 Å². The Hall–Kier alpha value is -1.36. The van der Waals surface area contributed by atoms with Gasteiger partial charge < -0.3 is 0 Å². The van der Waals surface area contributed by atoms with Crippen molar-refractivity contribution in [2.45, 2.75) is 33.1 Å². The van der Waals surface area contributed by atoms with Gasteiger partial charge >= 0.3 is 0 Å². The second-order valence-electron chi connectivity index (χ2n) is 4.46. The predicted octanol–water partition coefficient (Wildman–Crippen LogP) is 3.98. The molecule has 0 heterocycles. The summed E-state index contributed by atoms with van der Waals surface area (Å²) in [6, 6.07) is 3.29. The molecule has 0 aromatic heterocycles. The molecule has 14 heavy (non-hydrogen) atoms. The Morgan fingerprint density at radius 2 is 1.86 bits per heavy atom. The van der Waals surface area contributed by atoms with Crippen molar-refractivity contribution in [1.82, 2.24) is 0 Å². The van der Waals surface area contributed by atoms with E-state index < -0.39 is 0 Å². The molecule has 74 valence electrons. The lowest BCUT2D eigenvalue weighted by Crippen LogP contribution is -2.11. The molecule has 0 aliphatic rings. The molecule has 0 unspecified atom stereocenters. The van der Waals surface area contributed by atoms with Gasteiger partial charge in [0.15, 0.2) is 5.69 Å². The first-order valence-corrected chi connectivity index (χ1v) is 4.54. The average Bonchev–Trinajstić information content (AvgIpc) is 2.07. The smallest absolute Gasteiger partial charge is 0.193 e. The molecule has 0 atom stereocenters. The first-order chi connectivity index (χ1) is 6.36. The van der Waals surface area contributed by atoms with Gasteiger partial charge in [-0.3, -0.25) is 0 Å². The summed E-state index contributed by atoms with van der Waals surface area (Å²) in [5.74, 6) is -0.288. The summed E-state index contributed by atoms with van der Waals surface area (Å²) in [5.41, 5.74) is 1.60. The Labute approximate surface area is 84.4 Å². The van der Waals surface area contributed by atoms with Crippen LogP contribution in [0, 0.1) is 19.3 Å². The van der Waals surface area contributed by atoms with Crippen LogP contribution in [0.15, 0.2) is 12.1 Å². The van der Waals surface area contributed by atoms with Crippen molar-refractivity contribution in [3.05, 3.63) is 40.5 Å². The summed E-state index contributed by atoms with van der Waals surface area (Å²) < 4.78 is 13.4. The van der Waals surface area contributed by atoms with Crippen LogP contribution in [0.2, 0.25) is 0 Å². The van der Waals surface area contributed by atoms with Crippen molar-refractivity contribution in [2.24, 2.45) is 0 Å². The monoisotopic (exact) mass is 191 g/mol. The van der Waals surface area contributed by atoms with E-state index >= 15 is 0 Å². The van der Waals surface area contributed by atoms with Crippen LogP contribution in [0.5, 0.6) is 0 Å². The number of halogens is 1. The second-order valence-corrected chi connectivity index (χ2v) is 4.46. The van der Waals surface area contributed by atoms with Crippen LogP contribution in [0.4, 0.5) is 10.1 Å². The van der Waals surface area contributed by atoms with Crippen molar-refractivity contribution in [3.63, 3.8) is 0 Å². The van der Waals surface area contributed by atoms with Gasteiger partial charge in [-0.25, -0.2) is 9.24 Å². The van der Waals surface area contributed by atoms with Crippen LogP contribution < -0.4 is 0 Å². The summed E-state index contributed by atoms with van der Waals surface area (Å²) in [6.07, 6.45) is 0. The minimum atomic E-state index is -0.288. The van der Waals surface area contributed by atoms with E-state index in [9.17, 15) is 4.39 Å². The normalized spacial score (nSPS) is 11.1. The van der Waals surface area contributed by atoms with Crippen molar-refractivity contribution < 1.29 is 4.39 Å². The van der Waals surface area contributed by atoms with Gasteiger partial charge in [-0.05, 0) is 24.0 Å². The summed E-state index contributed by atoms with van der Waals surface area (Å²) in [4.78, 5) is 3.32. The number of hydrogen-bond donors (Lipinski definition) is 0. The quantitative estimate of drug-likeness (QED) is 0.546. The van der Waals surface area contributed by atoms with E-state index in [1.807, 2.05) is 20.8 Å². The first-order valence-electron chi connectivity index (χ1n) is 4.54. The molecule has 0 aliphatic heterocycles. The fourth-order valence-electron chi connectivity index (χ4n) is 1.21. The molecule has 1 rings (SSSR count). The maximum Gasteiger partial charge on any atom is 0.193 e. The molecular formula is C12H14FN. The van der Waals surface area contributed by atoms with Gasteiger partial charge in [0.1, 0.15) is 5.82 Å². The Morgan fingerprint density at radius 3 is 2.29 bits per heavy atom. The van der Waals surface area contributed by atoms with Crippen molar-refractivity contribution in [3.8, 4) is 0 Å². The third kappa shape index (κ3) is 1.93. The van der Waals surface area contributed by atoms with Crippen molar-refractivity contribution >= 4 is 5.69 Å². The zero-order chi connectivity index (χ0) is 10.9. The molecule has 2 heteroatoms. The molecule has 1 nitrogen and oxygen atoms in total. The van der Waals surface area contributed by atoms with E-state index in [-0.39, 0.29) is 11.2 Å². The average molecular weight is 191 g/mol.